The molecule has 0 atom stereocenters. The van der Waals surface area contributed by atoms with Gasteiger partial charge in [-0.25, -0.2) is 4.79 Å². The average Bonchev–Trinajstić information content (AvgIpc) is 2.03. The van der Waals surface area contributed by atoms with E-state index in [1.165, 1.54) is 0 Å². The Morgan fingerprint density at radius 1 is 1.54 bits per heavy atom. The third kappa shape index (κ3) is 1.87. The van der Waals surface area contributed by atoms with Gasteiger partial charge in [-0.2, -0.15) is 0 Å². The van der Waals surface area contributed by atoms with Gasteiger partial charge in [-0.1, -0.05) is 17.6 Å². The van der Waals surface area contributed by atoms with Crippen LogP contribution in [0.2, 0.25) is 0 Å². The zero-order valence-corrected chi connectivity index (χ0v) is 7.16. The molecular formula is C8H9BN2O2. The number of nitrogens with two attached hydrogens (primary N) is 1. The van der Waals surface area contributed by atoms with E-state index in [0.29, 0.717) is 5.69 Å². The van der Waals surface area contributed by atoms with Crippen LogP contribution in [0.5, 0.6) is 0 Å². The number of hydrogen-bond donors (Lipinski definition) is 3. The van der Waals surface area contributed by atoms with Crippen molar-refractivity contribution in [2.75, 3.05) is 5.73 Å². The Bertz CT molecular complexity index is 376. The van der Waals surface area contributed by atoms with Crippen molar-refractivity contribution in [2.24, 2.45) is 0 Å². The fraction of sp³-hybridized carbons (Fsp3) is 0. The van der Waals surface area contributed by atoms with Crippen LogP contribution in [-0.2, 0) is 4.79 Å². The Morgan fingerprint density at radius 3 is 2.62 bits per heavy atom. The van der Waals surface area contributed by atoms with E-state index in [1.54, 1.807) is 18.2 Å². The highest BCUT2D eigenvalue weighted by molar-refractivity contribution is 6.42. The SMILES string of the molecule is Bc1ccc(C(=N)C(=O)O)c(N)c1. The van der Waals surface area contributed by atoms with Crippen molar-refractivity contribution in [3.05, 3.63) is 23.8 Å². The molecule has 0 spiro atoms. The van der Waals surface area contributed by atoms with Crippen molar-refractivity contribution in [3.8, 4) is 0 Å². The van der Waals surface area contributed by atoms with Crippen molar-refractivity contribution < 1.29 is 9.90 Å². The predicted molar refractivity (Wildman–Crippen MR) is 53.5 cm³/mol. The summed E-state index contributed by atoms with van der Waals surface area (Å²) in [4.78, 5) is 10.5. The lowest BCUT2D eigenvalue weighted by atomic mass is 9.93. The molecule has 0 radical (unpaired) electrons. The minimum atomic E-state index is -1.27. The summed E-state index contributed by atoms with van der Waals surface area (Å²) in [6.07, 6.45) is 0. The van der Waals surface area contributed by atoms with Gasteiger partial charge in [0.1, 0.15) is 13.6 Å². The van der Waals surface area contributed by atoms with Crippen LogP contribution < -0.4 is 11.2 Å². The second-order valence-corrected chi connectivity index (χ2v) is 2.77. The summed E-state index contributed by atoms with van der Waals surface area (Å²) in [5, 5.41) is 15.8. The fourth-order valence-electron chi connectivity index (χ4n) is 1.03. The molecule has 0 saturated heterocycles. The molecule has 4 nitrogen and oxygen atoms in total. The van der Waals surface area contributed by atoms with E-state index in [9.17, 15) is 4.79 Å². The normalized spacial score (nSPS) is 9.54. The highest BCUT2D eigenvalue weighted by atomic mass is 16.4. The molecule has 0 amide bonds. The summed E-state index contributed by atoms with van der Waals surface area (Å²) in [6.45, 7) is 0. The Hall–Kier alpha value is -1.78. The lowest BCUT2D eigenvalue weighted by molar-refractivity contribution is -0.129. The number of carbonyl (C=O) groups is 1. The van der Waals surface area contributed by atoms with Gasteiger partial charge in [-0.3, -0.25) is 5.41 Å². The molecule has 0 bridgehead atoms. The molecule has 1 aromatic rings. The Kier molecular flexibility index (Phi) is 2.37. The van der Waals surface area contributed by atoms with Crippen LogP contribution in [-0.4, -0.2) is 24.6 Å². The van der Waals surface area contributed by atoms with E-state index < -0.39 is 11.7 Å². The van der Waals surface area contributed by atoms with Crippen molar-refractivity contribution in [2.45, 2.75) is 0 Å². The summed E-state index contributed by atoms with van der Waals surface area (Å²) in [5.41, 5.74) is 6.61. The van der Waals surface area contributed by atoms with Crippen LogP contribution in [0.15, 0.2) is 18.2 Å². The molecule has 66 valence electrons. The second-order valence-electron chi connectivity index (χ2n) is 2.77. The monoisotopic (exact) mass is 176 g/mol. The lowest BCUT2D eigenvalue weighted by Crippen LogP contribution is -2.16. The third-order valence-electron chi connectivity index (χ3n) is 1.69. The van der Waals surface area contributed by atoms with E-state index in [4.69, 9.17) is 16.2 Å². The maximum Gasteiger partial charge on any atom is 0.354 e. The van der Waals surface area contributed by atoms with Gasteiger partial charge in [0.05, 0.1) is 0 Å². The van der Waals surface area contributed by atoms with Crippen molar-refractivity contribution in [1.82, 2.24) is 0 Å². The predicted octanol–water partition coefficient (Wildman–Crippen LogP) is -1.02. The quantitative estimate of drug-likeness (QED) is 0.306. The molecule has 0 aliphatic heterocycles. The van der Waals surface area contributed by atoms with Crippen LogP contribution in [0.3, 0.4) is 0 Å². The minimum Gasteiger partial charge on any atom is -0.477 e. The molecule has 5 heteroatoms. The topological polar surface area (TPSA) is 87.2 Å². The molecule has 0 saturated carbocycles. The molecular weight excluding hydrogens is 167 g/mol. The van der Waals surface area contributed by atoms with Gasteiger partial charge in [-0.05, 0) is 6.07 Å². The molecule has 13 heavy (non-hydrogen) atoms. The molecule has 0 aliphatic rings. The van der Waals surface area contributed by atoms with Gasteiger partial charge in [0.25, 0.3) is 0 Å². The fourth-order valence-corrected chi connectivity index (χ4v) is 1.03. The molecule has 0 fully saturated rings. The number of anilines is 1. The van der Waals surface area contributed by atoms with E-state index in [-0.39, 0.29) is 5.56 Å². The van der Waals surface area contributed by atoms with Gasteiger partial charge >= 0.3 is 5.97 Å². The number of hydrogen-bond acceptors (Lipinski definition) is 3. The van der Waals surface area contributed by atoms with E-state index >= 15 is 0 Å². The van der Waals surface area contributed by atoms with Gasteiger partial charge in [0, 0.05) is 11.3 Å². The summed E-state index contributed by atoms with van der Waals surface area (Å²) in [5.74, 6) is -1.27. The molecule has 1 rings (SSSR count). The summed E-state index contributed by atoms with van der Waals surface area (Å²) >= 11 is 0. The van der Waals surface area contributed by atoms with Gasteiger partial charge in [0.2, 0.25) is 0 Å². The number of carboxylic acids is 1. The number of rotatable bonds is 2. The standard InChI is InChI=1S/C8H9BN2O2/c9-4-1-2-5(6(10)3-4)7(11)8(12)13/h1-3,11H,9-10H2,(H,12,13). The maximum absolute atomic E-state index is 10.5. The molecule has 0 heterocycles. The van der Waals surface area contributed by atoms with E-state index in [0.717, 1.165) is 5.46 Å². The van der Waals surface area contributed by atoms with Crippen LogP contribution in [0, 0.1) is 5.41 Å². The Balaban J connectivity index is 3.16. The molecule has 0 unspecified atom stereocenters. The summed E-state index contributed by atoms with van der Waals surface area (Å²) in [7, 11) is 1.85. The average molecular weight is 176 g/mol. The third-order valence-corrected chi connectivity index (χ3v) is 1.69. The van der Waals surface area contributed by atoms with Crippen LogP contribution in [0.4, 0.5) is 5.69 Å². The van der Waals surface area contributed by atoms with Gasteiger partial charge in [-0.15, -0.1) is 0 Å². The highest BCUT2D eigenvalue weighted by Crippen LogP contribution is 2.09. The number of nitrogens with one attached hydrogen (secondary N) is 1. The van der Waals surface area contributed by atoms with E-state index in [1.807, 2.05) is 7.85 Å². The van der Waals surface area contributed by atoms with Crippen LogP contribution in [0.25, 0.3) is 0 Å². The first kappa shape index (κ1) is 9.31. The zero-order valence-electron chi connectivity index (χ0n) is 7.16. The van der Waals surface area contributed by atoms with Crippen molar-refractivity contribution in [3.63, 3.8) is 0 Å². The van der Waals surface area contributed by atoms with E-state index in [2.05, 4.69) is 0 Å². The van der Waals surface area contributed by atoms with Gasteiger partial charge < -0.3 is 10.8 Å². The number of nitrogen functional groups attached to an aromatic ring is 1. The minimum absolute atomic E-state index is 0.262. The molecule has 1 aromatic carbocycles. The molecule has 0 aromatic heterocycles. The first-order valence-corrected chi connectivity index (χ1v) is 3.70. The molecule has 0 aliphatic carbocycles. The summed E-state index contributed by atoms with van der Waals surface area (Å²) < 4.78 is 0. The zero-order chi connectivity index (χ0) is 10.0. The lowest BCUT2D eigenvalue weighted by Gasteiger charge is -2.04. The Labute approximate surface area is 76.3 Å². The van der Waals surface area contributed by atoms with Crippen LogP contribution in [0.1, 0.15) is 5.56 Å². The maximum atomic E-state index is 10.5. The first-order chi connectivity index (χ1) is 6.02. The summed E-state index contributed by atoms with van der Waals surface area (Å²) in [6, 6.07) is 4.91. The van der Waals surface area contributed by atoms with Gasteiger partial charge in [0.15, 0.2) is 0 Å². The number of aliphatic carboxylic acids is 1. The van der Waals surface area contributed by atoms with Crippen LogP contribution >= 0.6 is 0 Å². The smallest absolute Gasteiger partial charge is 0.354 e. The second kappa shape index (κ2) is 3.31. The number of benzene rings is 1. The first-order valence-electron chi connectivity index (χ1n) is 3.70. The van der Waals surface area contributed by atoms with Crippen molar-refractivity contribution in [1.29, 1.82) is 5.41 Å². The highest BCUT2D eigenvalue weighted by Gasteiger charge is 2.12. The number of carboxylic acid groups (broad SMARTS) is 1. The molecule has 4 N–H and O–H groups in total. The largest absolute Gasteiger partial charge is 0.477 e. The Morgan fingerprint density at radius 2 is 2.15 bits per heavy atom. The van der Waals surface area contributed by atoms with Crippen molar-refractivity contribution >= 4 is 30.7 Å².